The first kappa shape index (κ1) is 17.6. The first-order valence-electron chi connectivity index (χ1n) is 7.89. The van der Waals surface area contributed by atoms with Crippen LogP contribution in [-0.2, 0) is 4.79 Å². The number of carboxylic acids is 1. The Morgan fingerprint density at radius 3 is 1.75 bits per heavy atom. The van der Waals surface area contributed by atoms with E-state index in [4.69, 9.17) is 5.11 Å². The molecule has 0 radical (unpaired) electrons. The topological polar surface area (TPSA) is 71.4 Å². The Hall–Kier alpha value is -2.75. The van der Waals surface area contributed by atoms with Crippen LogP contribution in [0.3, 0.4) is 0 Å². The summed E-state index contributed by atoms with van der Waals surface area (Å²) in [7, 11) is 0. The summed E-state index contributed by atoms with van der Waals surface area (Å²) in [5.74, 6) is -2.49. The molecule has 2 aromatic carbocycles. The van der Waals surface area contributed by atoms with Crippen LogP contribution in [0.15, 0.2) is 60.7 Å². The van der Waals surface area contributed by atoms with Crippen molar-refractivity contribution in [2.75, 3.05) is 0 Å². The van der Waals surface area contributed by atoms with Crippen LogP contribution >= 0.6 is 0 Å². The standard InChI is InChI=1S/C20H20O4/c1-14(19(23)15-8-4-2-5-9-15)12-17(13-18(21)22)20(24)16-10-6-3-7-11-16/h2-11,14,17H,12-13H2,1H3,(H,21,22). The number of carboxylic acid groups (broad SMARTS) is 1. The van der Waals surface area contributed by atoms with Gasteiger partial charge >= 0.3 is 5.97 Å². The minimum atomic E-state index is -1.04. The van der Waals surface area contributed by atoms with Crippen molar-refractivity contribution in [3.63, 3.8) is 0 Å². The summed E-state index contributed by atoms with van der Waals surface area (Å²) < 4.78 is 0. The van der Waals surface area contributed by atoms with Gasteiger partial charge in [0.1, 0.15) is 0 Å². The van der Waals surface area contributed by atoms with E-state index in [1.54, 1.807) is 61.5 Å². The highest BCUT2D eigenvalue weighted by Crippen LogP contribution is 2.23. The van der Waals surface area contributed by atoms with Gasteiger partial charge in [-0.05, 0) is 6.42 Å². The Labute approximate surface area is 141 Å². The molecule has 124 valence electrons. The normalized spacial score (nSPS) is 13.0. The predicted molar refractivity (Wildman–Crippen MR) is 91.1 cm³/mol. The molecule has 0 aliphatic rings. The number of hydrogen-bond acceptors (Lipinski definition) is 3. The second-order valence-corrected chi connectivity index (χ2v) is 5.89. The fourth-order valence-electron chi connectivity index (χ4n) is 2.75. The maximum atomic E-state index is 12.6. The molecular weight excluding hydrogens is 304 g/mol. The third-order valence-corrected chi connectivity index (χ3v) is 3.99. The first-order valence-corrected chi connectivity index (χ1v) is 7.89. The Bertz CT molecular complexity index is 707. The third kappa shape index (κ3) is 4.62. The molecular formula is C20H20O4. The van der Waals surface area contributed by atoms with Crippen LogP contribution in [0.5, 0.6) is 0 Å². The molecule has 0 aliphatic carbocycles. The minimum absolute atomic E-state index is 0.0770. The number of aliphatic carboxylic acids is 1. The molecule has 0 heterocycles. The highest BCUT2D eigenvalue weighted by Gasteiger charge is 2.27. The second-order valence-electron chi connectivity index (χ2n) is 5.89. The Morgan fingerprint density at radius 1 is 0.833 bits per heavy atom. The molecule has 1 N–H and O–H groups in total. The number of hydrogen-bond donors (Lipinski definition) is 1. The Balaban J connectivity index is 2.15. The van der Waals surface area contributed by atoms with Gasteiger partial charge in [0.15, 0.2) is 11.6 Å². The number of carbonyl (C=O) groups excluding carboxylic acids is 2. The highest BCUT2D eigenvalue weighted by molar-refractivity contribution is 6.01. The molecule has 0 aliphatic heterocycles. The van der Waals surface area contributed by atoms with Gasteiger partial charge in [0.2, 0.25) is 0 Å². The molecule has 24 heavy (non-hydrogen) atoms. The maximum Gasteiger partial charge on any atom is 0.304 e. The predicted octanol–water partition coefficient (Wildman–Crippen LogP) is 3.87. The van der Waals surface area contributed by atoms with E-state index in [-0.39, 0.29) is 24.4 Å². The molecule has 0 amide bonds. The van der Waals surface area contributed by atoms with Gasteiger partial charge in [-0.1, -0.05) is 67.6 Å². The van der Waals surface area contributed by atoms with Crippen LogP contribution in [0.25, 0.3) is 0 Å². The van der Waals surface area contributed by atoms with Crippen molar-refractivity contribution >= 4 is 17.5 Å². The number of benzene rings is 2. The Morgan fingerprint density at radius 2 is 1.29 bits per heavy atom. The highest BCUT2D eigenvalue weighted by atomic mass is 16.4. The van der Waals surface area contributed by atoms with Crippen LogP contribution in [-0.4, -0.2) is 22.6 Å². The van der Waals surface area contributed by atoms with Crippen molar-refractivity contribution in [1.82, 2.24) is 0 Å². The van der Waals surface area contributed by atoms with Gasteiger partial charge in [-0.2, -0.15) is 0 Å². The summed E-state index contributed by atoms with van der Waals surface area (Å²) in [5, 5.41) is 9.11. The molecule has 2 atom stereocenters. The molecule has 0 spiro atoms. The molecule has 0 fully saturated rings. The first-order chi connectivity index (χ1) is 11.5. The SMILES string of the molecule is CC(CC(CC(=O)O)C(=O)c1ccccc1)C(=O)c1ccccc1. The summed E-state index contributed by atoms with van der Waals surface area (Å²) in [5.41, 5.74) is 1.05. The summed E-state index contributed by atoms with van der Waals surface area (Å²) in [6.07, 6.45) is -0.0616. The van der Waals surface area contributed by atoms with E-state index in [1.807, 2.05) is 6.07 Å². The number of rotatable bonds is 8. The van der Waals surface area contributed by atoms with Crippen LogP contribution in [0.2, 0.25) is 0 Å². The summed E-state index contributed by atoms with van der Waals surface area (Å²) in [6, 6.07) is 17.5. The van der Waals surface area contributed by atoms with E-state index >= 15 is 0 Å². The van der Waals surface area contributed by atoms with Crippen LogP contribution in [0, 0.1) is 11.8 Å². The van der Waals surface area contributed by atoms with Crippen molar-refractivity contribution in [3.05, 3.63) is 71.8 Å². The van der Waals surface area contributed by atoms with E-state index in [1.165, 1.54) is 0 Å². The van der Waals surface area contributed by atoms with Gasteiger partial charge < -0.3 is 5.11 Å². The monoisotopic (exact) mass is 324 g/mol. The zero-order chi connectivity index (χ0) is 17.5. The largest absolute Gasteiger partial charge is 0.481 e. The van der Waals surface area contributed by atoms with Crippen LogP contribution in [0.1, 0.15) is 40.5 Å². The van der Waals surface area contributed by atoms with Crippen LogP contribution in [0.4, 0.5) is 0 Å². The summed E-state index contributed by atoms with van der Waals surface area (Å²) >= 11 is 0. The fourth-order valence-corrected chi connectivity index (χ4v) is 2.75. The number of carbonyl (C=O) groups is 3. The van der Waals surface area contributed by atoms with E-state index in [0.29, 0.717) is 11.1 Å². The molecule has 2 aromatic rings. The van der Waals surface area contributed by atoms with Crippen molar-refractivity contribution in [2.24, 2.45) is 11.8 Å². The van der Waals surface area contributed by atoms with Crippen molar-refractivity contribution in [2.45, 2.75) is 19.8 Å². The van der Waals surface area contributed by atoms with Crippen molar-refractivity contribution in [3.8, 4) is 0 Å². The average molecular weight is 324 g/mol. The van der Waals surface area contributed by atoms with E-state index < -0.39 is 17.8 Å². The third-order valence-electron chi connectivity index (χ3n) is 3.99. The zero-order valence-electron chi connectivity index (χ0n) is 13.5. The van der Waals surface area contributed by atoms with E-state index in [2.05, 4.69) is 0 Å². The van der Waals surface area contributed by atoms with Crippen molar-refractivity contribution < 1.29 is 19.5 Å². The van der Waals surface area contributed by atoms with Crippen LogP contribution < -0.4 is 0 Å². The lowest BCUT2D eigenvalue weighted by molar-refractivity contribution is -0.137. The number of Topliss-reactive ketones (excluding diaryl/α,β-unsaturated/α-hetero) is 2. The van der Waals surface area contributed by atoms with E-state index in [9.17, 15) is 14.4 Å². The lowest BCUT2D eigenvalue weighted by atomic mass is 9.84. The minimum Gasteiger partial charge on any atom is -0.481 e. The van der Waals surface area contributed by atoms with Crippen molar-refractivity contribution in [1.29, 1.82) is 0 Å². The maximum absolute atomic E-state index is 12.6. The average Bonchev–Trinajstić information content (AvgIpc) is 2.61. The quantitative estimate of drug-likeness (QED) is 0.748. The van der Waals surface area contributed by atoms with Gasteiger partial charge in [0.25, 0.3) is 0 Å². The molecule has 0 saturated carbocycles. The number of ketones is 2. The molecule has 2 rings (SSSR count). The second kappa shape index (κ2) is 8.20. The van der Waals surface area contributed by atoms with Gasteiger partial charge in [-0.25, -0.2) is 0 Å². The smallest absolute Gasteiger partial charge is 0.304 e. The molecule has 4 heteroatoms. The lowest BCUT2D eigenvalue weighted by Crippen LogP contribution is -2.24. The zero-order valence-corrected chi connectivity index (χ0v) is 13.5. The summed E-state index contributed by atoms with van der Waals surface area (Å²) in [6.45, 7) is 1.74. The molecule has 0 bridgehead atoms. The van der Waals surface area contributed by atoms with Gasteiger partial charge in [-0.3, -0.25) is 14.4 Å². The van der Waals surface area contributed by atoms with Gasteiger partial charge in [0.05, 0.1) is 6.42 Å². The van der Waals surface area contributed by atoms with Gasteiger partial charge in [-0.15, -0.1) is 0 Å². The lowest BCUT2D eigenvalue weighted by Gasteiger charge is -2.18. The molecule has 0 aromatic heterocycles. The van der Waals surface area contributed by atoms with E-state index in [0.717, 1.165) is 0 Å². The van der Waals surface area contributed by atoms with Gasteiger partial charge in [0, 0.05) is 23.0 Å². The summed E-state index contributed by atoms with van der Waals surface area (Å²) in [4.78, 5) is 36.2. The Kier molecular flexibility index (Phi) is 6.01. The molecule has 2 unspecified atom stereocenters. The molecule has 4 nitrogen and oxygen atoms in total. The molecule has 0 saturated heterocycles. The fraction of sp³-hybridized carbons (Fsp3) is 0.250.